The van der Waals surface area contributed by atoms with Crippen molar-refractivity contribution in [3.63, 3.8) is 0 Å². The highest BCUT2D eigenvalue weighted by molar-refractivity contribution is 7.53. The van der Waals surface area contributed by atoms with Gasteiger partial charge < -0.3 is 35.2 Å². The number of imidazole rings is 1. The standard InChI is InChI=1S/C12H14ClFN5O8P/c13-12-17-7(15)5-8(18-12)19(2-16-5)9-4(14)6(20)3(27-9)1-26-11(10(21)22)28(23,24)25/h2-4,6,9,11,20H,1H2,(H,21,22)(H2,15,17,18)(H2,23,24,25)/t3-,4+,6-,9-,11-/m1/s1. The Morgan fingerprint density at radius 2 is 2.18 bits per heavy atom. The minimum absolute atomic E-state index is 0.0255. The number of aliphatic carboxylic acids is 1. The molecule has 6 N–H and O–H groups in total. The molecule has 3 rings (SSSR count). The zero-order valence-corrected chi connectivity index (χ0v) is 15.3. The third-order valence-corrected chi connectivity index (χ3v) is 5.07. The molecule has 3 heterocycles. The van der Waals surface area contributed by atoms with Crippen LogP contribution in [-0.2, 0) is 18.8 Å². The zero-order valence-electron chi connectivity index (χ0n) is 13.7. The highest BCUT2D eigenvalue weighted by Crippen LogP contribution is 2.42. The van der Waals surface area contributed by atoms with E-state index in [0.717, 1.165) is 10.9 Å². The predicted molar refractivity (Wildman–Crippen MR) is 89.0 cm³/mol. The van der Waals surface area contributed by atoms with E-state index in [0.29, 0.717) is 0 Å². The van der Waals surface area contributed by atoms with Gasteiger partial charge in [0.1, 0.15) is 17.7 Å². The normalized spacial score (nSPS) is 26.6. The van der Waals surface area contributed by atoms with Gasteiger partial charge in [0, 0.05) is 0 Å². The molecule has 0 amide bonds. The molecule has 0 bridgehead atoms. The number of anilines is 1. The van der Waals surface area contributed by atoms with E-state index in [9.17, 15) is 18.9 Å². The van der Waals surface area contributed by atoms with Crippen molar-refractivity contribution in [3.8, 4) is 0 Å². The third kappa shape index (κ3) is 3.80. The Hall–Kier alpha value is -1.93. The number of fused-ring (bicyclic) bond motifs is 1. The van der Waals surface area contributed by atoms with E-state index in [1.165, 1.54) is 0 Å². The Morgan fingerprint density at radius 3 is 2.79 bits per heavy atom. The largest absolute Gasteiger partial charge is 0.479 e. The number of nitrogens with zero attached hydrogens (tertiary/aromatic N) is 4. The van der Waals surface area contributed by atoms with Gasteiger partial charge in [-0.2, -0.15) is 9.97 Å². The molecule has 5 atom stereocenters. The summed E-state index contributed by atoms with van der Waals surface area (Å²) in [5.74, 6) is -4.47. The quantitative estimate of drug-likeness (QED) is 0.278. The van der Waals surface area contributed by atoms with Crippen molar-refractivity contribution in [3.05, 3.63) is 11.6 Å². The van der Waals surface area contributed by atoms with Gasteiger partial charge in [-0.15, -0.1) is 0 Å². The van der Waals surface area contributed by atoms with E-state index < -0.39 is 50.6 Å². The highest BCUT2D eigenvalue weighted by Gasteiger charge is 2.47. The lowest BCUT2D eigenvalue weighted by molar-refractivity contribution is -0.149. The van der Waals surface area contributed by atoms with E-state index in [4.69, 9.17) is 37.0 Å². The van der Waals surface area contributed by atoms with Gasteiger partial charge in [0.2, 0.25) is 5.28 Å². The summed E-state index contributed by atoms with van der Waals surface area (Å²) in [5, 5.41) is 18.6. The van der Waals surface area contributed by atoms with Crippen LogP contribution in [-0.4, -0.2) is 76.3 Å². The number of alkyl halides is 1. The van der Waals surface area contributed by atoms with Gasteiger partial charge in [-0.3, -0.25) is 9.13 Å². The third-order valence-electron chi connectivity index (χ3n) is 3.92. The second kappa shape index (κ2) is 7.48. The summed E-state index contributed by atoms with van der Waals surface area (Å²) in [5.41, 5.74) is 5.80. The predicted octanol–water partition coefficient (Wildman–Crippen LogP) is -0.737. The number of nitrogen functional groups attached to an aromatic ring is 1. The maximum atomic E-state index is 14.6. The molecule has 1 saturated heterocycles. The van der Waals surface area contributed by atoms with Crippen LogP contribution >= 0.6 is 19.2 Å². The number of carboxylic acid groups (broad SMARTS) is 1. The van der Waals surface area contributed by atoms with Gasteiger partial charge in [0.15, 0.2) is 23.9 Å². The Labute approximate surface area is 160 Å². The summed E-state index contributed by atoms with van der Waals surface area (Å²) in [6.45, 7) is -0.801. The molecule has 16 heteroatoms. The number of carbonyl (C=O) groups is 1. The maximum absolute atomic E-state index is 14.6. The second-order valence-corrected chi connectivity index (χ2v) is 7.80. The fourth-order valence-corrected chi connectivity index (χ4v) is 3.40. The molecular formula is C12H14ClFN5O8P. The minimum atomic E-state index is -5.14. The lowest BCUT2D eigenvalue weighted by Crippen LogP contribution is -2.35. The first-order valence-electron chi connectivity index (χ1n) is 7.53. The van der Waals surface area contributed by atoms with Crippen molar-refractivity contribution in [2.45, 2.75) is 30.5 Å². The van der Waals surface area contributed by atoms with Crippen molar-refractivity contribution in [2.24, 2.45) is 0 Å². The number of aliphatic hydroxyl groups excluding tert-OH is 1. The Kier molecular flexibility index (Phi) is 5.55. The molecule has 0 aliphatic carbocycles. The van der Waals surface area contributed by atoms with Crippen molar-refractivity contribution in [2.75, 3.05) is 12.3 Å². The molecule has 1 fully saturated rings. The summed E-state index contributed by atoms with van der Waals surface area (Å²) in [6.07, 6.45) is -5.57. The first-order chi connectivity index (χ1) is 13.0. The number of hydrogen-bond donors (Lipinski definition) is 5. The van der Waals surface area contributed by atoms with E-state index >= 15 is 0 Å². The Morgan fingerprint density at radius 1 is 1.50 bits per heavy atom. The molecule has 0 radical (unpaired) electrons. The number of ether oxygens (including phenoxy) is 2. The summed E-state index contributed by atoms with van der Waals surface area (Å²) in [7, 11) is -5.14. The van der Waals surface area contributed by atoms with Crippen molar-refractivity contribution < 1.29 is 43.2 Å². The van der Waals surface area contributed by atoms with Gasteiger partial charge in [0.05, 0.1) is 12.9 Å². The molecule has 0 unspecified atom stereocenters. The van der Waals surface area contributed by atoms with Crippen LogP contribution in [0.1, 0.15) is 6.23 Å². The number of rotatable bonds is 6. The number of hydrogen-bond acceptors (Lipinski definition) is 9. The van der Waals surface area contributed by atoms with Crippen LogP contribution in [0.25, 0.3) is 11.2 Å². The van der Waals surface area contributed by atoms with E-state index in [2.05, 4.69) is 19.7 Å². The second-order valence-electron chi connectivity index (χ2n) is 5.82. The number of carboxylic acids is 1. The van der Waals surface area contributed by atoms with Crippen LogP contribution < -0.4 is 5.73 Å². The first kappa shape index (κ1) is 20.8. The molecule has 0 aromatic carbocycles. The van der Waals surface area contributed by atoms with Crippen LogP contribution in [0.15, 0.2) is 6.33 Å². The molecule has 154 valence electrons. The van der Waals surface area contributed by atoms with Gasteiger partial charge in [0.25, 0.3) is 5.85 Å². The maximum Gasteiger partial charge on any atom is 0.365 e. The van der Waals surface area contributed by atoms with E-state index in [1.807, 2.05) is 0 Å². The molecule has 0 saturated carbocycles. The zero-order chi connectivity index (χ0) is 20.8. The highest BCUT2D eigenvalue weighted by atomic mass is 35.5. The minimum Gasteiger partial charge on any atom is -0.479 e. The van der Waals surface area contributed by atoms with Crippen molar-refractivity contribution >= 4 is 42.1 Å². The average Bonchev–Trinajstić information content (AvgIpc) is 3.09. The lowest BCUT2D eigenvalue weighted by Gasteiger charge is -2.19. The van der Waals surface area contributed by atoms with E-state index in [-0.39, 0.29) is 22.3 Å². The van der Waals surface area contributed by atoms with Crippen LogP contribution in [0.3, 0.4) is 0 Å². The molecule has 1 aliphatic rings. The molecule has 2 aromatic rings. The number of nitrogens with two attached hydrogens (primary N) is 1. The van der Waals surface area contributed by atoms with Crippen LogP contribution in [0.4, 0.5) is 10.2 Å². The first-order valence-corrected chi connectivity index (χ1v) is 9.59. The van der Waals surface area contributed by atoms with Crippen LogP contribution in [0.2, 0.25) is 5.28 Å². The summed E-state index contributed by atoms with van der Waals surface area (Å²) >= 11 is 5.73. The fourth-order valence-electron chi connectivity index (χ4n) is 2.66. The SMILES string of the molecule is Nc1nc(Cl)nc2c1ncn2[C@@H]1O[C@H](CO[C@@H](C(=O)O)P(=O)(O)O)[C@@H](O)[C@@H]1F. The number of halogens is 2. The summed E-state index contributed by atoms with van der Waals surface area (Å²) < 4.78 is 36.8. The van der Waals surface area contributed by atoms with E-state index in [1.54, 1.807) is 0 Å². The number of aliphatic hydroxyl groups is 1. The summed E-state index contributed by atoms with van der Waals surface area (Å²) in [6, 6.07) is 0. The summed E-state index contributed by atoms with van der Waals surface area (Å²) in [4.78, 5) is 40.4. The molecule has 0 spiro atoms. The topological polar surface area (TPSA) is 203 Å². The average molecular weight is 442 g/mol. The van der Waals surface area contributed by atoms with Crippen molar-refractivity contribution in [1.82, 2.24) is 19.5 Å². The lowest BCUT2D eigenvalue weighted by atomic mass is 10.1. The molecular weight excluding hydrogens is 428 g/mol. The molecule has 28 heavy (non-hydrogen) atoms. The van der Waals surface area contributed by atoms with Crippen molar-refractivity contribution in [1.29, 1.82) is 0 Å². The smallest absolute Gasteiger partial charge is 0.365 e. The Balaban J connectivity index is 1.81. The molecule has 13 nitrogen and oxygen atoms in total. The van der Waals surface area contributed by atoms with Gasteiger partial charge in [-0.05, 0) is 11.6 Å². The fraction of sp³-hybridized carbons (Fsp3) is 0.500. The van der Waals surface area contributed by atoms with Gasteiger partial charge in [-0.25, -0.2) is 14.2 Å². The molecule has 1 aliphatic heterocycles. The van der Waals surface area contributed by atoms with Crippen LogP contribution in [0.5, 0.6) is 0 Å². The van der Waals surface area contributed by atoms with Gasteiger partial charge in [-0.1, -0.05) is 0 Å². The monoisotopic (exact) mass is 441 g/mol. The Bertz CT molecular complexity index is 955. The molecule has 2 aromatic heterocycles. The van der Waals surface area contributed by atoms with Gasteiger partial charge >= 0.3 is 13.6 Å². The van der Waals surface area contributed by atoms with Crippen LogP contribution in [0, 0.1) is 0 Å². The number of aromatic nitrogens is 4.